The van der Waals surface area contributed by atoms with Crippen LogP contribution in [0, 0.1) is 6.92 Å². The molecule has 1 atom stereocenters. The van der Waals surface area contributed by atoms with E-state index in [-0.39, 0.29) is 16.9 Å². The molecule has 1 aliphatic heterocycles. The van der Waals surface area contributed by atoms with Gasteiger partial charge < -0.3 is 10.1 Å². The van der Waals surface area contributed by atoms with Crippen LogP contribution in [-0.2, 0) is 14.8 Å². The van der Waals surface area contributed by atoms with Crippen molar-refractivity contribution in [2.75, 3.05) is 6.54 Å². The van der Waals surface area contributed by atoms with Crippen molar-refractivity contribution < 1.29 is 17.9 Å². The van der Waals surface area contributed by atoms with Gasteiger partial charge in [0.05, 0.1) is 11.0 Å². The molecular formula is C16H24N2O4S. The third kappa shape index (κ3) is 4.68. The number of benzene rings is 1. The summed E-state index contributed by atoms with van der Waals surface area (Å²) in [5.74, 6) is 0.397. The second-order valence-electron chi connectivity index (χ2n) is 6.05. The van der Waals surface area contributed by atoms with Gasteiger partial charge in [0.2, 0.25) is 15.9 Å². The maximum atomic E-state index is 12.5. The van der Waals surface area contributed by atoms with Crippen molar-refractivity contribution in [1.29, 1.82) is 0 Å². The lowest BCUT2D eigenvalue weighted by Gasteiger charge is -2.17. The molecule has 0 aromatic heterocycles. The average Bonchev–Trinajstić information content (AvgIpc) is 2.65. The zero-order chi connectivity index (χ0) is 17.0. The minimum Gasteiger partial charge on any atom is -0.491 e. The van der Waals surface area contributed by atoms with Gasteiger partial charge in [-0.1, -0.05) is 0 Å². The number of ether oxygens (including phenoxy) is 1. The Morgan fingerprint density at radius 1 is 1.30 bits per heavy atom. The van der Waals surface area contributed by atoms with Crippen LogP contribution in [0.5, 0.6) is 5.75 Å². The first-order chi connectivity index (χ1) is 10.8. The summed E-state index contributed by atoms with van der Waals surface area (Å²) in [5, 5.41) is 2.72. The first-order valence-electron chi connectivity index (χ1n) is 7.87. The van der Waals surface area contributed by atoms with E-state index in [1.54, 1.807) is 19.1 Å². The summed E-state index contributed by atoms with van der Waals surface area (Å²) in [5.41, 5.74) is 0.742. The van der Waals surface area contributed by atoms with Gasteiger partial charge in [-0.05, 0) is 63.8 Å². The Balaban J connectivity index is 2.18. The molecule has 1 aromatic carbocycles. The van der Waals surface area contributed by atoms with Crippen LogP contribution in [-0.4, -0.2) is 33.0 Å². The topological polar surface area (TPSA) is 84.5 Å². The van der Waals surface area contributed by atoms with Crippen molar-refractivity contribution in [3.63, 3.8) is 0 Å². The molecule has 1 heterocycles. The van der Waals surface area contributed by atoms with E-state index in [4.69, 9.17) is 4.74 Å². The van der Waals surface area contributed by atoms with Gasteiger partial charge in [0.1, 0.15) is 11.8 Å². The van der Waals surface area contributed by atoms with E-state index in [1.807, 2.05) is 13.8 Å². The van der Waals surface area contributed by atoms with Crippen LogP contribution < -0.4 is 14.8 Å². The molecule has 6 nitrogen and oxygen atoms in total. The van der Waals surface area contributed by atoms with Gasteiger partial charge in [-0.2, -0.15) is 4.72 Å². The van der Waals surface area contributed by atoms with Crippen molar-refractivity contribution >= 4 is 15.9 Å². The number of carbonyl (C=O) groups excluding carboxylic acids is 1. The van der Waals surface area contributed by atoms with Gasteiger partial charge in [-0.15, -0.1) is 0 Å². The highest BCUT2D eigenvalue weighted by Gasteiger charge is 2.27. The predicted molar refractivity (Wildman–Crippen MR) is 87.9 cm³/mol. The average molecular weight is 340 g/mol. The molecule has 1 amide bonds. The lowest BCUT2D eigenvalue weighted by molar-refractivity contribution is -0.122. The van der Waals surface area contributed by atoms with Crippen molar-refractivity contribution in [2.45, 2.75) is 57.1 Å². The highest BCUT2D eigenvalue weighted by Crippen LogP contribution is 2.23. The Hall–Kier alpha value is -1.60. The molecule has 2 N–H and O–H groups in total. The molecule has 1 aliphatic rings. The van der Waals surface area contributed by atoms with E-state index in [0.717, 1.165) is 18.4 Å². The van der Waals surface area contributed by atoms with E-state index in [9.17, 15) is 13.2 Å². The van der Waals surface area contributed by atoms with Crippen LogP contribution in [0.3, 0.4) is 0 Å². The summed E-state index contributed by atoms with van der Waals surface area (Å²) < 4.78 is 33.1. The molecule has 0 radical (unpaired) electrons. The van der Waals surface area contributed by atoms with E-state index in [2.05, 4.69) is 10.0 Å². The molecule has 1 aromatic rings. The van der Waals surface area contributed by atoms with E-state index < -0.39 is 16.1 Å². The summed E-state index contributed by atoms with van der Waals surface area (Å²) in [6, 6.07) is 4.00. The standard InChI is InChI=1S/C16H24N2O4S/c1-11(2)22-15-8-7-13(10-12(15)3)23(20,21)18-14-6-4-5-9-17-16(14)19/h7-8,10-11,14,18H,4-6,9H2,1-3H3,(H,17,19)/t14-/m0/s1. The van der Waals surface area contributed by atoms with Crippen LogP contribution >= 0.6 is 0 Å². The van der Waals surface area contributed by atoms with Gasteiger partial charge in [-0.3, -0.25) is 4.79 Å². The van der Waals surface area contributed by atoms with Crippen LogP contribution in [0.2, 0.25) is 0 Å². The number of hydrogen-bond donors (Lipinski definition) is 2. The number of hydrogen-bond acceptors (Lipinski definition) is 4. The molecule has 0 unspecified atom stereocenters. The Morgan fingerprint density at radius 3 is 2.70 bits per heavy atom. The molecule has 0 bridgehead atoms. The Kier molecular flexibility index (Phi) is 5.64. The largest absolute Gasteiger partial charge is 0.491 e. The van der Waals surface area contributed by atoms with Gasteiger partial charge in [0.25, 0.3) is 0 Å². The van der Waals surface area contributed by atoms with Crippen LogP contribution in [0.1, 0.15) is 38.7 Å². The van der Waals surface area contributed by atoms with E-state index in [0.29, 0.717) is 18.7 Å². The zero-order valence-corrected chi connectivity index (χ0v) is 14.6. The molecule has 128 valence electrons. The molecule has 2 rings (SSSR count). The predicted octanol–water partition coefficient (Wildman–Crippen LogP) is 1.73. The quantitative estimate of drug-likeness (QED) is 0.855. The molecular weight excluding hydrogens is 316 g/mol. The molecule has 23 heavy (non-hydrogen) atoms. The van der Waals surface area contributed by atoms with Gasteiger partial charge in [-0.25, -0.2) is 8.42 Å². The zero-order valence-electron chi connectivity index (χ0n) is 13.8. The molecule has 0 aliphatic carbocycles. The van der Waals surface area contributed by atoms with Crippen molar-refractivity contribution in [2.24, 2.45) is 0 Å². The lowest BCUT2D eigenvalue weighted by atomic mass is 10.1. The summed E-state index contributed by atoms with van der Waals surface area (Å²) in [7, 11) is -3.74. The summed E-state index contributed by atoms with van der Waals surface area (Å²) in [4.78, 5) is 12.0. The summed E-state index contributed by atoms with van der Waals surface area (Å²) >= 11 is 0. The smallest absolute Gasteiger partial charge is 0.241 e. The second-order valence-corrected chi connectivity index (χ2v) is 7.77. The molecule has 1 saturated heterocycles. The van der Waals surface area contributed by atoms with Gasteiger partial charge >= 0.3 is 0 Å². The van der Waals surface area contributed by atoms with Gasteiger partial charge in [0.15, 0.2) is 0 Å². The minimum absolute atomic E-state index is 0.0176. The molecule has 0 saturated carbocycles. The third-order valence-corrected chi connectivity index (χ3v) is 5.12. The van der Waals surface area contributed by atoms with E-state index in [1.165, 1.54) is 6.07 Å². The maximum absolute atomic E-state index is 12.5. The maximum Gasteiger partial charge on any atom is 0.241 e. The number of rotatable bonds is 5. The Bertz CT molecular complexity index is 671. The van der Waals surface area contributed by atoms with Crippen LogP contribution in [0.25, 0.3) is 0 Å². The number of aryl methyl sites for hydroxylation is 1. The second kappa shape index (κ2) is 7.31. The highest BCUT2D eigenvalue weighted by atomic mass is 32.2. The molecule has 1 fully saturated rings. The summed E-state index contributed by atoms with van der Waals surface area (Å²) in [6.07, 6.45) is 2.21. The fraction of sp³-hybridized carbons (Fsp3) is 0.562. The first-order valence-corrected chi connectivity index (χ1v) is 9.35. The highest BCUT2D eigenvalue weighted by molar-refractivity contribution is 7.89. The fourth-order valence-corrected chi connectivity index (χ4v) is 3.80. The normalized spacial score (nSPS) is 19.3. The Labute approximate surface area is 137 Å². The first kappa shape index (κ1) is 17.7. The summed E-state index contributed by atoms with van der Waals surface area (Å²) in [6.45, 7) is 6.22. The monoisotopic (exact) mass is 340 g/mol. The fourth-order valence-electron chi connectivity index (χ4n) is 2.48. The SMILES string of the molecule is Cc1cc(S(=O)(=O)N[C@H]2CCCCNC2=O)ccc1OC(C)C. The van der Waals surface area contributed by atoms with Crippen molar-refractivity contribution in [1.82, 2.24) is 10.0 Å². The van der Waals surface area contributed by atoms with Crippen molar-refractivity contribution in [3.05, 3.63) is 23.8 Å². The van der Waals surface area contributed by atoms with Gasteiger partial charge in [0, 0.05) is 6.54 Å². The number of nitrogens with one attached hydrogen (secondary N) is 2. The van der Waals surface area contributed by atoms with Crippen molar-refractivity contribution in [3.8, 4) is 5.75 Å². The van der Waals surface area contributed by atoms with Crippen LogP contribution in [0.4, 0.5) is 0 Å². The molecule has 0 spiro atoms. The number of carbonyl (C=O) groups is 1. The third-order valence-electron chi connectivity index (χ3n) is 3.65. The lowest BCUT2D eigenvalue weighted by Crippen LogP contribution is -2.45. The number of sulfonamides is 1. The Morgan fingerprint density at radius 2 is 2.04 bits per heavy atom. The minimum atomic E-state index is -3.74. The number of amides is 1. The van der Waals surface area contributed by atoms with Crippen LogP contribution in [0.15, 0.2) is 23.1 Å². The molecule has 7 heteroatoms. The van der Waals surface area contributed by atoms with E-state index >= 15 is 0 Å².